The molecule has 1 atom stereocenters. The molecule has 0 bridgehead atoms. The molecule has 106 valence electrons. The van der Waals surface area contributed by atoms with E-state index in [2.05, 4.69) is 59.4 Å². The van der Waals surface area contributed by atoms with E-state index in [4.69, 9.17) is 4.74 Å². The third kappa shape index (κ3) is 4.74. The highest BCUT2D eigenvalue weighted by molar-refractivity contribution is 5.40. The van der Waals surface area contributed by atoms with Crippen molar-refractivity contribution < 1.29 is 4.74 Å². The van der Waals surface area contributed by atoms with Crippen molar-refractivity contribution in [3.8, 4) is 5.75 Å². The van der Waals surface area contributed by atoms with Crippen LogP contribution in [-0.4, -0.2) is 6.61 Å². The highest BCUT2D eigenvalue weighted by atomic mass is 16.5. The fraction of sp³-hybridized carbons (Fsp3) is 0.556. The largest absolute Gasteiger partial charge is 0.493 e. The second-order valence-corrected chi connectivity index (χ2v) is 6.34. The van der Waals surface area contributed by atoms with Gasteiger partial charge in [-0.3, -0.25) is 0 Å². The SMILES string of the molecule is C=CC(C)Cc1cc(C(C)(C)C)ccc1OCCC. The van der Waals surface area contributed by atoms with Crippen molar-refractivity contribution in [2.45, 2.75) is 52.9 Å². The van der Waals surface area contributed by atoms with E-state index in [1.807, 2.05) is 6.08 Å². The molecule has 0 heterocycles. The minimum atomic E-state index is 0.176. The lowest BCUT2D eigenvalue weighted by molar-refractivity contribution is 0.313. The lowest BCUT2D eigenvalue weighted by atomic mass is 9.85. The summed E-state index contributed by atoms with van der Waals surface area (Å²) in [5.41, 5.74) is 2.84. The molecule has 0 aliphatic heterocycles. The van der Waals surface area contributed by atoms with Crippen molar-refractivity contribution >= 4 is 0 Å². The molecule has 0 saturated carbocycles. The predicted molar refractivity (Wildman–Crippen MR) is 84.0 cm³/mol. The minimum absolute atomic E-state index is 0.176. The van der Waals surface area contributed by atoms with Gasteiger partial charge in [-0.15, -0.1) is 6.58 Å². The van der Waals surface area contributed by atoms with E-state index in [1.165, 1.54) is 11.1 Å². The van der Waals surface area contributed by atoms with E-state index in [1.54, 1.807) is 0 Å². The summed E-state index contributed by atoms with van der Waals surface area (Å²) in [4.78, 5) is 0. The standard InChI is InChI=1S/C18H28O/c1-7-11-19-17-10-9-16(18(4,5)6)13-15(17)12-14(3)8-2/h8-10,13-14H,2,7,11-12H2,1,3-6H3. The number of hydrogen-bond acceptors (Lipinski definition) is 1. The van der Waals surface area contributed by atoms with Gasteiger partial charge in [-0.25, -0.2) is 0 Å². The van der Waals surface area contributed by atoms with E-state index in [9.17, 15) is 0 Å². The van der Waals surface area contributed by atoms with Crippen molar-refractivity contribution in [2.75, 3.05) is 6.61 Å². The van der Waals surface area contributed by atoms with Gasteiger partial charge in [-0.05, 0) is 41.4 Å². The molecule has 1 heteroatoms. The predicted octanol–water partition coefficient (Wildman–Crippen LogP) is 5.14. The van der Waals surface area contributed by atoms with Gasteiger partial charge in [0.25, 0.3) is 0 Å². The molecular weight excluding hydrogens is 232 g/mol. The van der Waals surface area contributed by atoms with Crippen LogP contribution in [0, 0.1) is 5.92 Å². The van der Waals surface area contributed by atoms with Crippen LogP contribution in [0.2, 0.25) is 0 Å². The molecule has 1 unspecified atom stereocenters. The van der Waals surface area contributed by atoms with E-state index in [0.29, 0.717) is 5.92 Å². The molecule has 1 rings (SSSR count). The molecule has 0 aromatic heterocycles. The first-order valence-corrected chi connectivity index (χ1v) is 7.27. The Bertz CT molecular complexity index is 412. The van der Waals surface area contributed by atoms with E-state index < -0.39 is 0 Å². The third-order valence-corrected chi connectivity index (χ3v) is 3.33. The maximum atomic E-state index is 5.87. The van der Waals surface area contributed by atoms with Crippen molar-refractivity contribution in [2.24, 2.45) is 5.92 Å². The zero-order valence-corrected chi connectivity index (χ0v) is 13.1. The summed E-state index contributed by atoms with van der Waals surface area (Å²) >= 11 is 0. The molecule has 1 aromatic rings. The van der Waals surface area contributed by atoms with E-state index in [-0.39, 0.29) is 5.41 Å². The molecule has 19 heavy (non-hydrogen) atoms. The number of benzene rings is 1. The Balaban J connectivity index is 3.06. The molecule has 0 aliphatic carbocycles. The van der Waals surface area contributed by atoms with Crippen molar-refractivity contribution in [1.29, 1.82) is 0 Å². The van der Waals surface area contributed by atoms with Gasteiger partial charge in [0.2, 0.25) is 0 Å². The Morgan fingerprint density at radius 3 is 2.53 bits per heavy atom. The number of hydrogen-bond donors (Lipinski definition) is 0. The quantitative estimate of drug-likeness (QED) is 0.644. The molecule has 0 aliphatic rings. The lowest BCUT2D eigenvalue weighted by Gasteiger charge is -2.22. The Morgan fingerprint density at radius 2 is 2.00 bits per heavy atom. The molecule has 1 aromatic carbocycles. The minimum Gasteiger partial charge on any atom is -0.493 e. The summed E-state index contributed by atoms with van der Waals surface area (Å²) in [6, 6.07) is 6.61. The summed E-state index contributed by atoms with van der Waals surface area (Å²) in [7, 11) is 0. The van der Waals surface area contributed by atoms with E-state index >= 15 is 0 Å². The van der Waals surface area contributed by atoms with Gasteiger partial charge in [0.05, 0.1) is 6.61 Å². The van der Waals surface area contributed by atoms with Gasteiger partial charge in [0, 0.05) is 0 Å². The summed E-state index contributed by atoms with van der Waals surface area (Å²) in [6.07, 6.45) is 4.04. The first-order valence-electron chi connectivity index (χ1n) is 7.27. The van der Waals surface area contributed by atoms with Gasteiger partial charge >= 0.3 is 0 Å². The molecule has 0 saturated heterocycles. The lowest BCUT2D eigenvalue weighted by Crippen LogP contribution is -2.12. The fourth-order valence-corrected chi connectivity index (χ4v) is 1.99. The molecule has 0 amide bonds. The Kier molecular flexibility index (Phi) is 5.65. The molecule has 0 spiro atoms. The van der Waals surface area contributed by atoms with Crippen molar-refractivity contribution in [1.82, 2.24) is 0 Å². The second kappa shape index (κ2) is 6.79. The van der Waals surface area contributed by atoms with Crippen LogP contribution >= 0.6 is 0 Å². The maximum absolute atomic E-state index is 5.87. The second-order valence-electron chi connectivity index (χ2n) is 6.34. The average Bonchev–Trinajstić information content (AvgIpc) is 2.35. The number of ether oxygens (including phenoxy) is 1. The zero-order chi connectivity index (χ0) is 14.5. The summed E-state index contributed by atoms with van der Waals surface area (Å²) < 4.78 is 5.87. The maximum Gasteiger partial charge on any atom is 0.122 e. The summed E-state index contributed by atoms with van der Waals surface area (Å²) in [6.45, 7) is 15.7. The van der Waals surface area contributed by atoms with Crippen LogP contribution in [0.25, 0.3) is 0 Å². The Morgan fingerprint density at radius 1 is 1.32 bits per heavy atom. The summed E-state index contributed by atoms with van der Waals surface area (Å²) in [5, 5.41) is 0. The van der Waals surface area contributed by atoms with Gasteiger partial charge < -0.3 is 4.74 Å². The van der Waals surface area contributed by atoms with Gasteiger partial charge in [0.15, 0.2) is 0 Å². The van der Waals surface area contributed by atoms with Crippen LogP contribution in [0.4, 0.5) is 0 Å². The zero-order valence-electron chi connectivity index (χ0n) is 13.1. The summed E-state index contributed by atoms with van der Waals surface area (Å²) in [5.74, 6) is 1.50. The van der Waals surface area contributed by atoms with Gasteiger partial charge in [0.1, 0.15) is 5.75 Å². The molecule has 0 radical (unpaired) electrons. The Labute approximate surface area is 118 Å². The Hall–Kier alpha value is -1.24. The molecule has 1 nitrogen and oxygen atoms in total. The molecule has 0 N–H and O–H groups in total. The topological polar surface area (TPSA) is 9.23 Å². The average molecular weight is 260 g/mol. The first kappa shape index (κ1) is 15.8. The number of rotatable bonds is 6. The van der Waals surface area contributed by atoms with Crippen LogP contribution in [0.3, 0.4) is 0 Å². The normalized spacial score (nSPS) is 13.1. The van der Waals surface area contributed by atoms with Crippen LogP contribution < -0.4 is 4.74 Å². The van der Waals surface area contributed by atoms with Crippen molar-refractivity contribution in [3.63, 3.8) is 0 Å². The van der Waals surface area contributed by atoms with Crippen LogP contribution in [-0.2, 0) is 11.8 Å². The monoisotopic (exact) mass is 260 g/mol. The van der Waals surface area contributed by atoms with Gasteiger partial charge in [-0.1, -0.05) is 52.8 Å². The van der Waals surface area contributed by atoms with Crippen LogP contribution in [0.5, 0.6) is 5.75 Å². The highest BCUT2D eigenvalue weighted by Crippen LogP contribution is 2.29. The molecule has 0 fully saturated rings. The van der Waals surface area contributed by atoms with Crippen molar-refractivity contribution in [3.05, 3.63) is 42.0 Å². The fourth-order valence-electron chi connectivity index (χ4n) is 1.99. The number of allylic oxidation sites excluding steroid dienone is 1. The van der Waals surface area contributed by atoms with Crippen LogP contribution in [0.1, 0.15) is 52.2 Å². The van der Waals surface area contributed by atoms with Crippen LogP contribution in [0.15, 0.2) is 30.9 Å². The smallest absolute Gasteiger partial charge is 0.122 e. The van der Waals surface area contributed by atoms with Gasteiger partial charge in [-0.2, -0.15) is 0 Å². The highest BCUT2D eigenvalue weighted by Gasteiger charge is 2.16. The third-order valence-electron chi connectivity index (χ3n) is 3.33. The van der Waals surface area contributed by atoms with E-state index in [0.717, 1.165) is 25.2 Å². The first-order chi connectivity index (χ1) is 8.88. The molecular formula is C18H28O.